The Labute approximate surface area is 94.6 Å². The van der Waals surface area contributed by atoms with Crippen LogP contribution in [-0.2, 0) is 6.54 Å². The Balaban J connectivity index is 1.89. The molecular weight excluding hydrogens is 213 g/mol. The zero-order valence-electron chi connectivity index (χ0n) is 8.76. The zero-order valence-corrected chi connectivity index (χ0v) is 9.52. The molecular formula is C12H15ClFN. The highest BCUT2D eigenvalue weighted by Crippen LogP contribution is 2.32. The molecule has 0 bridgehead atoms. The smallest absolute Gasteiger partial charge is 0.141 e. The molecule has 1 N–H and O–H groups in total. The first-order valence-electron chi connectivity index (χ1n) is 5.34. The molecule has 1 atom stereocenters. The fourth-order valence-corrected chi connectivity index (χ4v) is 1.89. The summed E-state index contributed by atoms with van der Waals surface area (Å²) >= 11 is 5.70. The molecule has 2 rings (SSSR count). The van der Waals surface area contributed by atoms with Crippen LogP contribution in [-0.4, -0.2) is 6.04 Å². The Hall–Kier alpha value is -0.600. The molecule has 0 saturated heterocycles. The molecule has 0 spiro atoms. The molecule has 0 radical (unpaired) electrons. The minimum atomic E-state index is -0.351. The van der Waals surface area contributed by atoms with E-state index in [4.69, 9.17) is 11.6 Å². The summed E-state index contributed by atoms with van der Waals surface area (Å²) in [6, 6.07) is 5.42. The highest BCUT2D eigenvalue weighted by atomic mass is 35.5. The molecule has 0 amide bonds. The van der Waals surface area contributed by atoms with Gasteiger partial charge < -0.3 is 5.32 Å². The predicted molar refractivity (Wildman–Crippen MR) is 60.4 cm³/mol. The summed E-state index contributed by atoms with van der Waals surface area (Å²) in [5.74, 6) is 0.483. The highest BCUT2D eigenvalue weighted by Gasteiger charge is 2.27. The van der Waals surface area contributed by atoms with E-state index in [1.165, 1.54) is 18.9 Å². The largest absolute Gasteiger partial charge is 0.310 e. The lowest BCUT2D eigenvalue weighted by Gasteiger charge is -2.12. The Bertz CT molecular complexity index is 349. The van der Waals surface area contributed by atoms with E-state index < -0.39 is 0 Å². The molecule has 1 fully saturated rings. The summed E-state index contributed by atoms with van der Waals surface area (Å²) in [4.78, 5) is 0. The first-order chi connectivity index (χ1) is 7.16. The summed E-state index contributed by atoms with van der Waals surface area (Å²) in [6.07, 6.45) is 2.66. The molecule has 1 aromatic carbocycles. The van der Waals surface area contributed by atoms with Crippen molar-refractivity contribution < 1.29 is 4.39 Å². The summed E-state index contributed by atoms with van der Waals surface area (Å²) in [6.45, 7) is 2.96. The van der Waals surface area contributed by atoms with Gasteiger partial charge in [0.15, 0.2) is 0 Å². The van der Waals surface area contributed by atoms with Crippen LogP contribution in [0.25, 0.3) is 0 Å². The first-order valence-corrected chi connectivity index (χ1v) is 5.72. The quantitative estimate of drug-likeness (QED) is 0.832. The maximum atomic E-state index is 12.9. The third kappa shape index (κ3) is 2.93. The van der Waals surface area contributed by atoms with E-state index >= 15 is 0 Å². The van der Waals surface area contributed by atoms with E-state index in [1.807, 2.05) is 0 Å². The van der Waals surface area contributed by atoms with Crippen LogP contribution in [0.5, 0.6) is 0 Å². The van der Waals surface area contributed by atoms with Crippen molar-refractivity contribution in [3.05, 3.63) is 34.6 Å². The Morgan fingerprint density at radius 2 is 2.27 bits per heavy atom. The van der Waals surface area contributed by atoms with Crippen molar-refractivity contribution in [2.45, 2.75) is 32.4 Å². The third-order valence-electron chi connectivity index (χ3n) is 2.94. The maximum absolute atomic E-state index is 12.9. The van der Waals surface area contributed by atoms with Crippen LogP contribution < -0.4 is 5.32 Å². The number of halogens is 2. The van der Waals surface area contributed by atoms with Crippen LogP contribution in [0.3, 0.4) is 0 Å². The Kier molecular flexibility index (Phi) is 3.27. The molecule has 1 unspecified atom stereocenters. The predicted octanol–water partition coefficient (Wildman–Crippen LogP) is 3.37. The number of hydrogen-bond donors (Lipinski definition) is 1. The van der Waals surface area contributed by atoms with Crippen molar-refractivity contribution in [1.29, 1.82) is 0 Å². The van der Waals surface area contributed by atoms with Gasteiger partial charge >= 0.3 is 0 Å². The molecule has 3 heteroatoms. The van der Waals surface area contributed by atoms with Gasteiger partial charge in [-0.3, -0.25) is 0 Å². The van der Waals surface area contributed by atoms with Crippen LogP contribution in [0.2, 0.25) is 5.02 Å². The summed E-state index contributed by atoms with van der Waals surface area (Å²) in [5.41, 5.74) is 1.04. The number of rotatable bonds is 4. The van der Waals surface area contributed by atoms with E-state index in [-0.39, 0.29) is 10.8 Å². The molecule has 0 aliphatic heterocycles. The number of nitrogens with one attached hydrogen (secondary N) is 1. The number of benzene rings is 1. The average molecular weight is 228 g/mol. The standard InChI is InChI=1S/C12H15ClFN/c1-8(10-3-4-10)15-7-9-2-5-12(14)11(13)6-9/h2,5-6,8,10,15H,3-4,7H2,1H3. The molecule has 15 heavy (non-hydrogen) atoms. The summed E-state index contributed by atoms with van der Waals surface area (Å²) in [5, 5.41) is 3.63. The molecule has 1 aliphatic carbocycles. The van der Waals surface area contributed by atoms with E-state index in [0.717, 1.165) is 18.0 Å². The molecule has 1 nitrogen and oxygen atoms in total. The van der Waals surface area contributed by atoms with E-state index in [1.54, 1.807) is 12.1 Å². The van der Waals surface area contributed by atoms with Crippen LogP contribution in [0.4, 0.5) is 4.39 Å². The Morgan fingerprint density at radius 3 is 2.87 bits per heavy atom. The lowest BCUT2D eigenvalue weighted by Crippen LogP contribution is -2.27. The molecule has 1 saturated carbocycles. The molecule has 0 heterocycles. The highest BCUT2D eigenvalue weighted by molar-refractivity contribution is 6.30. The van der Waals surface area contributed by atoms with Crippen LogP contribution in [0.1, 0.15) is 25.3 Å². The van der Waals surface area contributed by atoms with Crippen molar-refractivity contribution in [1.82, 2.24) is 5.32 Å². The lowest BCUT2D eigenvalue weighted by molar-refractivity contribution is 0.496. The minimum Gasteiger partial charge on any atom is -0.310 e. The molecule has 1 aliphatic rings. The van der Waals surface area contributed by atoms with Gasteiger partial charge in [0.25, 0.3) is 0 Å². The SMILES string of the molecule is CC(NCc1ccc(F)c(Cl)c1)C1CC1. The van der Waals surface area contributed by atoms with Gasteiger partial charge in [0.2, 0.25) is 0 Å². The first kappa shape index (κ1) is 10.9. The van der Waals surface area contributed by atoms with E-state index in [2.05, 4.69) is 12.2 Å². The average Bonchev–Trinajstić information content (AvgIpc) is 3.03. The van der Waals surface area contributed by atoms with Crippen LogP contribution in [0, 0.1) is 11.7 Å². The second-order valence-electron chi connectivity index (χ2n) is 4.26. The Morgan fingerprint density at radius 1 is 1.53 bits per heavy atom. The van der Waals surface area contributed by atoms with E-state index in [0.29, 0.717) is 6.04 Å². The number of hydrogen-bond acceptors (Lipinski definition) is 1. The van der Waals surface area contributed by atoms with Gasteiger partial charge in [0, 0.05) is 12.6 Å². The van der Waals surface area contributed by atoms with Gasteiger partial charge in [-0.15, -0.1) is 0 Å². The fraction of sp³-hybridized carbons (Fsp3) is 0.500. The van der Waals surface area contributed by atoms with Gasteiger partial charge in [-0.05, 0) is 43.4 Å². The second-order valence-corrected chi connectivity index (χ2v) is 4.66. The summed E-state index contributed by atoms with van der Waals surface area (Å²) in [7, 11) is 0. The topological polar surface area (TPSA) is 12.0 Å². The summed E-state index contributed by atoms with van der Waals surface area (Å²) < 4.78 is 12.9. The normalized spacial score (nSPS) is 17.8. The monoisotopic (exact) mass is 227 g/mol. The van der Waals surface area contributed by atoms with Crippen LogP contribution in [0.15, 0.2) is 18.2 Å². The van der Waals surface area contributed by atoms with Crippen LogP contribution >= 0.6 is 11.6 Å². The third-order valence-corrected chi connectivity index (χ3v) is 3.23. The van der Waals surface area contributed by atoms with Gasteiger partial charge in [0.1, 0.15) is 5.82 Å². The van der Waals surface area contributed by atoms with Crippen molar-refractivity contribution >= 4 is 11.6 Å². The van der Waals surface area contributed by atoms with Gasteiger partial charge in [-0.1, -0.05) is 17.7 Å². The zero-order chi connectivity index (χ0) is 10.8. The van der Waals surface area contributed by atoms with E-state index in [9.17, 15) is 4.39 Å². The van der Waals surface area contributed by atoms with Gasteiger partial charge in [-0.25, -0.2) is 4.39 Å². The minimum absolute atomic E-state index is 0.202. The maximum Gasteiger partial charge on any atom is 0.141 e. The van der Waals surface area contributed by atoms with Crippen molar-refractivity contribution in [3.63, 3.8) is 0 Å². The molecule has 1 aromatic rings. The molecule has 82 valence electrons. The van der Waals surface area contributed by atoms with Gasteiger partial charge in [0.05, 0.1) is 5.02 Å². The second kappa shape index (κ2) is 4.50. The van der Waals surface area contributed by atoms with Crippen molar-refractivity contribution in [2.75, 3.05) is 0 Å². The molecule has 0 aromatic heterocycles. The van der Waals surface area contributed by atoms with Crippen molar-refractivity contribution in [2.24, 2.45) is 5.92 Å². The lowest BCUT2D eigenvalue weighted by atomic mass is 10.2. The fourth-order valence-electron chi connectivity index (χ4n) is 1.69. The van der Waals surface area contributed by atoms with Crippen molar-refractivity contribution in [3.8, 4) is 0 Å². The van der Waals surface area contributed by atoms with Gasteiger partial charge in [-0.2, -0.15) is 0 Å².